The second-order valence-electron chi connectivity index (χ2n) is 6.43. The maximum Gasteiger partial charge on any atom is 0.338 e. The van der Waals surface area contributed by atoms with Gasteiger partial charge in [0.15, 0.2) is 11.6 Å². The number of fused-ring (bicyclic) bond motifs is 1. The van der Waals surface area contributed by atoms with Crippen LogP contribution in [0.1, 0.15) is 42.4 Å². The predicted molar refractivity (Wildman–Crippen MR) is 103 cm³/mol. The number of carbonyl (C=O) groups excluding carboxylic acids is 3. The van der Waals surface area contributed by atoms with Crippen LogP contribution in [0, 0.1) is 6.92 Å². The summed E-state index contributed by atoms with van der Waals surface area (Å²) in [6, 6.07) is 15.4. The van der Waals surface area contributed by atoms with Crippen molar-refractivity contribution in [1.29, 1.82) is 0 Å². The number of benzene rings is 2. The minimum atomic E-state index is -0.423. The van der Waals surface area contributed by atoms with Crippen molar-refractivity contribution >= 4 is 23.6 Å². The number of ether oxygens (including phenoxy) is 1. The van der Waals surface area contributed by atoms with Crippen molar-refractivity contribution in [3.05, 3.63) is 88.2 Å². The third-order valence-electron chi connectivity index (χ3n) is 4.82. The monoisotopic (exact) mass is 372 g/mol. The van der Waals surface area contributed by atoms with Crippen molar-refractivity contribution in [3.63, 3.8) is 0 Å². The molecule has 1 aromatic heterocycles. The Bertz CT molecular complexity index is 1130. The molecule has 0 bridgehead atoms. The Balaban J connectivity index is 1.71. The SMILES string of the molecule is COC(=O)c1cccc(-c2ccc(C=C3C(=O)c4ccccc4C3=O)o2)c1C. The number of Topliss-reactive ketones (excluding diaryl/α,β-unsaturated/α-hetero) is 2. The topological polar surface area (TPSA) is 73.6 Å². The zero-order valence-corrected chi connectivity index (χ0v) is 15.3. The van der Waals surface area contributed by atoms with E-state index in [0.29, 0.717) is 28.2 Å². The molecule has 0 saturated heterocycles. The Morgan fingerprint density at radius 1 is 0.893 bits per heavy atom. The van der Waals surface area contributed by atoms with Crippen molar-refractivity contribution in [3.8, 4) is 11.3 Å². The number of methoxy groups -OCH3 is 1. The van der Waals surface area contributed by atoms with Crippen LogP contribution in [0.25, 0.3) is 17.4 Å². The van der Waals surface area contributed by atoms with Crippen LogP contribution in [0.2, 0.25) is 0 Å². The summed E-state index contributed by atoms with van der Waals surface area (Å²) in [4.78, 5) is 36.9. The fourth-order valence-electron chi connectivity index (χ4n) is 3.35. The Labute approximate surface area is 161 Å². The Hall–Kier alpha value is -3.73. The molecule has 0 unspecified atom stereocenters. The van der Waals surface area contributed by atoms with Gasteiger partial charge in [0, 0.05) is 16.7 Å². The molecule has 0 amide bonds. The van der Waals surface area contributed by atoms with Crippen LogP contribution in [0.15, 0.2) is 64.6 Å². The lowest BCUT2D eigenvalue weighted by Gasteiger charge is -2.07. The molecule has 0 saturated carbocycles. The van der Waals surface area contributed by atoms with Crippen LogP contribution in [0.5, 0.6) is 0 Å². The highest BCUT2D eigenvalue weighted by Crippen LogP contribution is 2.31. The van der Waals surface area contributed by atoms with Gasteiger partial charge in [0.25, 0.3) is 0 Å². The summed E-state index contributed by atoms with van der Waals surface area (Å²) in [6.07, 6.45) is 1.47. The van der Waals surface area contributed by atoms with Gasteiger partial charge in [-0.2, -0.15) is 0 Å². The third kappa shape index (κ3) is 2.77. The van der Waals surface area contributed by atoms with E-state index in [1.807, 2.05) is 13.0 Å². The van der Waals surface area contributed by atoms with Crippen molar-refractivity contribution in [1.82, 2.24) is 0 Å². The largest absolute Gasteiger partial charge is 0.465 e. The molecule has 0 N–H and O–H groups in total. The van der Waals surface area contributed by atoms with E-state index in [2.05, 4.69) is 0 Å². The summed E-state index contributed by atoms with van der Waals surface area (Å²) in [7, 11) is 1.33. The normalized spacial score (nSPS) is 12.9. The molecule has 138 valence electrons. The van der Waals surface area contributed by atoms with Crippen molar-refractivity contribution < 1.29 is 23.5 Å². The molecule has 2 aromatic carbocycles. The molecule has 1 aliphatic carbocycles. The molecule has 4 rings (SSSR count). The Morgan fingerprint density at radius 2 is 1.54 bits per heavy atom. The summed E-state index contributed by atoms with van der Waals surface area (Å²) >= 11 is 0. The van der Waals surface area contributed by atoms with Crippen LogP contribution in [-0.2, 0) is 4.74 Å². The van der Waals surface area contributed by atoms with Crippen LogP contribution in [0.4, 0.5) is 0 Å². The maximum atomic E-state index is 12.5. The highest BCUT2D eigenvalue weighted by Gasteiger charge is 2.32. The summed E-state index contributed by atoms with van der Waals surface area (Å²) in [5, 5.41) is 0. The number of allylic oxidation sites excluding steroid dienone is 1. The van der Waals surface area contributed by atoms with Gasteiger partial charge < -0.3 is 9.15 Å². The lowest BCUT2D eigenvalue weighted by Crippen LogP contribution is -2.04. The van der Waals surface area contributed by atoms with Gasteiger partial charge >= 0.3 is 5.97 Å². The Kier molecular flexibility index (Phi) is 4.28. The Morgan fingerprint density at radius 3 is 2.18 bits per heavy atom. The number of hydrogen-bond donors (Lipinski definition) is 0. The second-order valence-corrected chi connectivity index (χ2v) is 6.43. The van der Waals surface area contributed by atoms with E-state index < -0.39 is 5.97 Å². The molecule has 5 nitrogen and oxygen atoms in total. The first kappa shape index (κ1) is 17.7. The summed E-state index contributed by atoms with van der Waals surface area (Å²) in [5.74, 6) is -0.106. The zero-order valence-electron chi connectivity index (χ0n) is 15.3. The predicted octanol–water partition coefficient (Wildman–Crippen LogP) is 4.50. The average molecular weight is 372 g/mol. The second kappa shape index (κ2) is 6.78. The molecule has 3 aromatic rings. The lowest BCUT2D eigenvalue weighted by molar-refractivity contribution is 0.0599. The minimum absolute atomic E-state index is 0.0853. The van der Waals surface area contributed by atoms with Crippen LogP contribution >= 0.6 is 0 Å². The number of hydrogen-bond acceptors (Lipinski definition) is 5. The van der Waals surface area contributed by atoms with E-state index in [1.54, 1.807) is 48.5 Å². The van der Waals surface area contributed by atoms with E-state index in [0.717, 1.165) is 11.1 Å². The van der Waals surface area contributed by atoms with E-state index in [-0.39, 0.29) is 17.1 Å². The fourth-order valence-corrected chi connectivity index (χ4v) is 3.35. The summed E-state index contributed by atoms with van der Waals surface area (Å²) < 4.78 is 10.6. The highest BCUT2D eigenvalue weighted by atomic mass is 16.5. The van der Waals surface area contributed by atoms with Crippen molar-refractivity contribution in [2.45, 2.75) is 6.92 Å². The molecule has 0 atom stereocenters. The number of rotatable bonds is 3. The first-order chi connectivity index (χ1) is 13.5. The van der Waals surface area contributed by atoms with E-state index in [4.69, 9.17) is 9.15 Å². The quantitative estimate of drug-likeness (QED) is 0.384. The van der Waals surface area contributed by atoms with E-state index >= 15 is 0 Å². The zero-order chi connectivity index (χ0) is 19.8. The van der Waals surface area contributed by atoms with Gasteiger partial charge in [-0.25, -0.2) is 4.79 Å². The molecule has 0 radical (unpaired) electrons. The smallest absolute Gasteiger partial charge is 0.338 e. The first-order valence-electron chi connectivity index (χ1n) is 8.69. The van der Waals surface area contributed by atoms with Gasteiger partial charge in [-0.05, 0) is 36.8 Å². The molecule has 5 heteroatoms. The number of ketones is 2. The highest BCUT2D eigenvalue weighted by molar-refractivity contribution is 6.41. The number of carbonyl (C=O) groups is 3. The van der Waals surface area contributed by atoms with Gasteiger partial charge in [0.1, 0.15) is 11.5 Å². The van der Waals surface area contributed by atoms with Gasteiger partial charge in [-0.3, -0.25) is 9.59 Å². The fraction of sp³-hybridized carbons (Fsp3) is 0.0870. The van der Waals surface area contributed by atoms with Crippen LogP contribution in [0.3, 0.4) is 0 Å². The summed E-state index contributed by atoms with van der Waals surface area (Å²) in [6.45, 7) is 1.81. The van der Waals surface area contributed by atoms with E-state index in [1.165, 1.54) is 13.2 Å². The van der Waals surface area contributed by atoms with Gasteiger partial charge in [0.2, 0.25) is 0 Å². The van der Waals surface area contributed by atoms with Crippen LogP contribution in [-0.4, -0.2) is 24.6 Å². The molecule has 1 heterocycles. The minimum Gasteiger partial charge on any atom is -0.465 e. The third-order valence-corrected chi connectivity index (χ3v) is 4.82. The molecular formula is C23H16O5. The van der Waals surface area contributed by atoms with E-state index in [9.17, 15) is 14.4 Å². The van der Waals surface area contributed by atoms with Crippen LogP contribution < -0.4 is 0 Å². The maximum absolute atomic E-state index is 12.5. The first-order valence-corrected chi connectivity index (χ1v) is 8.69. The molecule has 0 spiro atoms. The standard InChI is InChI=1S/C23H16O5/c1-13-15(8-5-9-16(13)23(26)27-2)20-11-10-14(28-20)12-19-21(24)17-6-3-4-7-18(17)22(19)25/h3-12H,1-2H3. The molecule has 0 fully saturated rings. The number of esters is 1. The van der Waals surface area contributed by atoms with Gasteiger partial charge in [-0.1, -0.05) is 36.4 Å². The molecule has 28 heavy (non-hydrogen) atoms. The molecule has 0 aliphatic heterocycles. The van der Waals surface area contributed by atoms with Gasteiger partial charge in [0.05, 0.1) is 18.2 Å². The van der Waals surface area contributed by atoms with Crippen molar-refractivity contribution in [2.75, 3.05) is 7.11 Å². The van der Waals surface area contributed by atoms with Crippen molar-refractivity contribution in [2.24, 2.45) is 0 Å². The lowest BCUT2D eigenvalue weighted by atomic mass is 10.0. The summed E-state index contributed by atoms with van der Waals surface area (Å²) in [5.41, 5.74) is 2.82. The number of furan rings is 1. The van der Waals surface area contributed by atoms with Gasteiger partial charge in [-0.15, -0.1) is 0 Å². The average Bonchev–Trinajstić information content (AvgIpc) is 3.27. The molecule has 1 aliphatic rings. The molecular weight excluding hydrogens is 356 g/mol.